The van der Waals surface area contributed by atoms with Crippen LogP contribution in [0.3, 0.4) is 0 Å². The molecular formula is C28H31N3. The van der Waals surface area contributed by atoms with Crippen molar-refractivity contribution < 1.29 is 0 Å². The second-order valence-corrected chi connectivity index (χ2v) is 8.90. The Hall–Kier alpha value is -3.20. The molecule has 0 spiro atoms. The average molecular weight is 410 g/mol. The van der Waals surface area contributed by atoms with Gasteiger partial charge in [-0.25, -0.2) is 0 Å². The topological polar surface area (TPSA) is 29.0 Å². The summed E-state index contributed by atoms with van der Waals surface area (Å²) in [4.78, 5) is 2.29. The molecule has 0 aliphatic heterocycles. The van der Waals surface area contributed by atoms with Crippen LogP contribution in [0.2, 0.25) is 0 Å². The third-order valence-electron chi connectivity index (χ3n) is 6.11. The molecule has 0 aliphatic rings. The van der Waals surface area contributed by atoms with E-state index in [9.17, 15) is 0 Å². The molecule has 0 aliphatic carbocycles. The van der Waals surface area contributed by atoms with Crippen LogP contribution in [-0.2, 0) is 0 Å². The number of hydrogen-bond donors (Lipinski definition) is 0. The summed E-state index contributed by atoms with van der Waals surface area (Å²) in [6.07, 6.45) is 0. The zero-order valence-electron chi connectivity index (χ0n) is 19.3. The van der Waals surface area contributed by atoms with E-state index < -0.39 is 0 Å². The van der Waals surface area contributed by atoms with Gasteiger partial charge in [0.2, 0.25) is 0 Å². The van der Waals surface area contributed by atoms with Crippen LogP contribution < -0.4 is 4.90 Å². The molecule has 0 saturated heterocycles. The van der Waals surface area contributed by atoms with Crippen LogP contribution in [0.4, 0.5) is 5.82 Å². The van der Waals surface area contributed by atoms with Gasteiger partial charge in [-0.2, -0.15) is 0 Å². The van der Waals surface area contributed by atoms with E-state index in [4.69, 9.17) is 10.2 Å². The molecule has 4 aromatic rings. The molecule has 0 radical (unpaired) electrons. The number of aromatic nitrogens is 2. The highest BCUT2D eigenvalue weighted by Gasteiger charge is 2.25. The maximum atomic E-state index is 4.79. The summed E-state index contributed by atoms with van der Waals surface area (Å²) in [5.41, 5.74) is 7.19. The van der Waals surface area contributed by atoms with E-state index in [1.54, 1.807) is 0 Å². The van der Waals surface area contributed by atoms with E-state index in [2.05, 4.69) is 113 Å². The minimum Gasteiger partial charge on any atom is -0.350 e. The fourth-order valence-corrected chi connectivity index (χ4v) is 4.93. The lowest BCUT2D eigenvalue weighted by atomic mass is 9.93. The Bertz CT molecular complexity index is 1190. The van der Waals surface area contributed by atoms with Crippen molar-refractivity contribution in [2.75, 3.05) is 11.9 Å². The van der Waals surface area contributed by atoms with Crippen molar-refractivity contribution in [3.8, 4) is 11.3 Å². The first kappa shape index (κ1) is 21.0. The summed E-state index contributed by atoms with van der Waals surface area (Å²) in [7, 11) is 2.14. The average Bonchev–Trinajstić information content (AvgIpc) is 2.73. The molecule has 0 fully saturated rings. The zero-order valence-corrected chi connectivity index (χ0v) is 19.3. The van der Waals surface area contributed by atoms with Gasteiger partial charge in [0, 0.05) is 23.4 Å². The second kappa shape index (κ2) is 8.50. The van der Waals surface area contributed by atoms with Crippen molar-refractivity contribution in [2.45, 2.75) is 40.7 Å². The minimum atomic E-state index is 0.215. The highest BCUT2D eigenvalue weighted by molar-refractivity contribution is 6.01. The maximum absolute atomic E-state index is 4.79. The molecule has 0 bridgehead atoms. The van der Waals surface area contributed by atoms with Crippen molar-refractivity contribution >= 4 is 16.6 Å². The molecule has 0 saturated carbocycles. The number of fused-ring (bicyclic) bond motifs is 1. The Kier molecular flexibility index (Phi) is 5.77. The van der Waals surface area contributed by atoms with Crippen molar-refractivity contribution in [3.63, 3.8) is 0 Å². The van der Waals surface area contributed by atoms with Gasteiger partial charge in [0.05, 0.1) is 6.04 Å². The minimum absolute atomic E-state index is 0.215. The van der Waals surface area contributed by atoms with Crippen LogP contribution in [-0.4, -0.2) is 17.2 Å². The van der Waals surface area contributed by atoms with Crippen molar-refractivity contribution in [2.24, 2.45) is 5.92 Å². The Morgan fingerprint density at radius 2 is 1.32 bits per heavy atom. The molecule has 1 heterocycles. The third kappa shape index (κ3) is 3.93. The Morgan fingerprint density at radius 3 is 1.94 bits per heavy atom. The first-order valence-corrected chi connectivity index (χ1v) is 11.0. The van der Waals surface area contributed by atoms with Crippen LogP contribution in [0.5, 0.6) is 0 Å². The summed E-state index contributed by atoms with van der Waals surface area (Å²) < 4.78 is 0. The molecule has 31 heavy (non-hydrogen) atoms. The smallest absolute Gasteiger partial charge is 0.159 e. The Morgan fingerprint density at radius 1 is 0.742 bits per heavy atom. The summed E-state index contributed by atoms with van der Waals surface area (Å²) in [6.45, 7) is 11.0. The van der Waals surface area contributed by atoms with Gasteiger partial charge in [-0.1, -0.05) is 86.1 Å². The van der Waals surface area contributed by atoms with E-state index >= 15 is 0 Å². The number of anilines is 1. The quantitative estimate of drug-likeness (QED) is 0.353. The summed E-state index contributed by atoms with van der Waals surface area (Å²) in [5, 5.41) is 11.9. The van der Waals surface area contributed by atoms with Gasteiger partial charge in [-0.3, -0.25) is 0 Å². The predicted molar refractivity (Wildman–Crippen MR) is 132 cm³/mol. The molecule has 1 aromatic heterocycles. The lowest BCUT2D eigenvalue weighted by Crippen LogP contribution is -2.29. The Labute approximate surface area is 185 Å². The first-order valence-electron chi connectivity index (χ1n) is 11.0. The molecule has 4 rings (SSSR count). The molecule has 1 unspecified atom stereocenters. The second-order valence-electron chi connectivity index (χ2n) is 8.90. The summed E-state index contributed by atoms with van der Waals surface area (Å²) in [6, 6.07) is 23.9. The number of benzene rings is 3. The molecule has 3 aromatic carbocycles. The molecule has 3 nitrogen and oxygen atoms in total. The zero-order chi connectivity index (χ0) is 22.1. The third-order valence-corrected chi connectivity index (χ3v) is 6.11. The van der Waals surface area contributed by atoms with Gasteiger partial charge >= 0.3 is 0 Å². The van der Waals surface area contributed by atoms with Gasteiger partial charge in [0.15, 0.2) is 5.82 Å². The number of nitrogens with zero attached hydrogens (tertiary/aromatic N) is 3. The van der Waals surface area contributed by atoms with E-state index in [0.717, 1.165) is 22.3 Å². The van der Waals surface area contributed by atoms with Crippen LogP contribution in [0.1, 0.15) is 42.1 Å². The molecule has 3 heteroatoms. The lowest BCUT2D eigenvalue weighted by Gasteiger charge is -2.33. The van der Waals surface area contributed by atoms with E-state index in [1.165, 1.54) is 27.8 Å². The molecule has 0 amide bonds. The van der Waals surface area contributed by atoms with Crippen molar-refractivity contribution in [3.05, 3.63) is 89.0 Å². The van der Waals surface area contributed by atoms with Crippen molar-refractivity contribution in [1.82, 2.24) is 10.2 Å². The van der Waals surface area contributed by atoms with Gasteiger partial charge in [0.25, 0.3) is 0 Å². The van der Waals surface area contributed by atoms with Crippen LogP contribution in [0, 0.1) is 26.7 Å². The molecular weight excluding hydrogens is 378 g/mol. The van der Waals surface area contributed by atoms with Crippen LogP contribution >= 0.6 is 0 Å². The molecule has 0 N–H and O–H groups in total. The van der Waals surface area contributed by atoms with Gasteiger partial charge in [-0.05, 0) is 43.4 Å². The number of rotatable bonds is 5. The fourth-order valence-electron chi connectivity index (χ4n) is 4.93. The van der Waals surface area contributed by atoms with Crippen molar-refractivity contribution in [1.29, 1.82) is 0 Å². The monoisotopic (exact) mass is 409 g/mol. The summed E-state index contributed by atoms with van der Waals surface area (Å²) >= 11 is 0. The standard InChI is InChI=1S/C28H31N3/c1-18(2)27(22-12-8-7-9-13-22)31(6)28-24-15-11-10-14-23(24)26(29-30-28)25-20(4)16-19(3)17-21(25)5/h7-18,27H,1-6H3. The molecule has 1 atom stereocenters. The van der Waals surface area contributed by atoms with Crippen LogP contribution in [0.15, 0.2) is 66.7 Å². The van der Waals surface area contributed by atoms with Gasteiger partial charge < -0.3 is 4.90 Å². The molecule has 158 valence electrons. The number of aryl methyl sites for hydroxylation is 3. The number of hydrogen-bond acceptors (Lipinski definition) is 3. The van der Waals surface area contributed by atoms with E-state index in [-0.39, 0.29) is 6.04 Å². The summed E-state index contributed by atoms with van der Waals surface area (Å²) in [5.74, 6) is 1.35. The van der Waals surface area contributed by atoms with Crippen LogP contribution in [0.25, 0.3) is 22.0 Å². The SMILES string of the molecule is Cc1cc(C)c(-c2nnc(N(C)C(c3ccccc3)C(C)C)c3ccccc23)c(C)c1. The van der Waals surface area contributed by atoms with E-state index in [0.29, 0.717) is 5.92 Å². The Balaban J connectivity index is 1.90. The van der Waals surface area contributed by atoms with Gasteiger partial charge in [-0.15, -0.1) is 10.2 Å². The first-order chi connectivity index (χ1) is 14.9. The van der Waals surface area contributed by atoms with Gasteiger partial charge in [0.1, 0.15) is 5.69 Å². The highest BCUT2D eigenvalue weighted by Crippen LogP contribution is 2.38. The largest absolute Gasteiger partial charge is 0.350 e. The fraction of sp³-hybridized carbons (Fsp3) is 0.286. The normalized spacial score (nSPS) is 12.4. The van der Waals surface area contributed by atoms with E-state index in [1.807, 2.05) is 0 Å². The highest BCUT2D eigenvalue weighted by atomic mass is 15.3. The lowest BCUT2D eigenvalue weighted by molar-refractivity contribution is 0.488. The predicted octanol–water partition coefficient (Wildman–Crippen LogP) is 7.06. The maximum Gasteiger partial charge on any atom is 0.159 e.